The van der Waals surface area contributed by atoms with Crippen molar-refractivity contribution >= 4 is 49.6 Å². The molecule has 3 rings (SSSR count). The fourth-order valence-electron chi connectivity index (χ4n) is 3.13. The number of carbonyl (C=O) groups is 1. The summed E-state index contributed by atoms with van der Waals surface area (Å²) in [6, 6.07) is 4.06. The van der Waals surface area contributed by atoms with Crippen molar-refractivity contribution in [2.45, 2.75) is 38.5 Å². The van der Waals surface area contributed by atoms with Crippen molar-refractivity contribution in [1.82, 2.24) is 15.0 Å². The molecule has 0 spiro atoms. The lowest BCUT2D eigenvalue weighted by Crippen LogP contribution is -2.34. The molecule has 2 aromatic rings. The van der Waals surface area contributed by atoms with Crippen molar-refractivity contribution in [2.75, 3.05) is 23.7 Å². The Balaban J connectivity index is 1.76. The second kappa shape index (κ2) is 13.3. The van der Waals surface area contributed by atoms with E-state index in [1.165, 1.54) is 18.2 Å². The Kier molecular flexibility index (Phi) is 10.2. The first-order chi connectivity index (χ1) is 17.2. The SMILES string of the molecule is NS(=O)(=O)NCCNc1nonc1/C(=N/OC(=O)O/C1=C\CCCCCC1)Nc1ccc(F)c(Br)c1. The summed E-state index contributed by atoms with van der Waals surface area (Å²) in [5.41, 5.74) is 0.357. The minimum atomic E-state index is -3.87. The molecule has 0 radical (unpaired) electrons. The first kappa shape index (κ1) is 27.5. The Hall–Kier alpha value is -3.08. The molecule has 0 saturated heterocycles. The third-order valence-electron chi connectivity index (χ3n) is 4.79. The van der Waals surface area contributed by atoms with E-state index in [4.69, 9.17) is 19.3 Å². The number of halogens is 2. The summed E-state index contributed by atoms with van der Waals surface area (Å²) in [6.45, 7) is -0.00203. The summed E-state index contributed by atoms with van der Waals surface area (Å²) in [7, 11) is -3.87. The van der Waals surface area contributed by atoms with Crippen LogP contribution in [0.2, 0.25) is 0 Å². The number of allylic oxidation sites excluding steroid dienone is 2. The van der Waals surface area contributed by atoms with Crippen molar-refractivity contribution < 1.29 is 31.8 Å². The van der Waals surface area contributed by atoms with Crippen LogP contribution in [0.15, 0.2) is 44.3 Å². The molecule has 196 valence electrons. The Morgan fingerprint density at radius 2 is 2.03 bits per heavy atom. The standard InChI is InChI=1S/C20H25BrFN7O6S/c21-15-12-13(8-9-16(15)22)26-19(17-18(29-35-27-17)24-10-11-25-36(23,31)32)28-34-20(30)33-14-6-4-2-1-3-5-7-14/h6,8-9,12,25H,1-5,7,10-11H2,(H,24,29)(H,26,28)(H2,23,31,32)/b14-6-. The molecule has 5 N–H and O–H groups in total. The van der Waals surface area contributed by atoms with Crippen LogP contribution >= 0.6 is 15.9 Å². The van der Waals surface area contributed by atoms with E-state index in [1.807, 2.05) is 6.08 Å². The third-order valence-corrected chi connectivity index (χ3v) is 6.01. The summed E-state index contributed by atoms with van der Waals surface area (Å²) in [5.74, 6) is -0.0440. The Bertz CT molecular complexity index is 1220. The zero-order chi connectivity index (χ0) is 26.0. The zero-order valence-corrected chi connectivity index (χ0v) is 21.4. The molecule has 0 amide bonds. The Morgan fingerprint density at radius 3 is 2.81 bits per heavy atom. The summed E-state index contributed by atoms with van der Waals surface area (Å²) >= 11 is 3.10. The highest BCUT2D eigenvalue weighted by atomic mass is 79.9. The van der Waals surface area contributed by atoms with E-state index >= 15 is 0 Å². The van der Waals surface area contributed by atoms with Gasteiger partial charge < -0.3 is 15.4 Å². The van der Waals surface area contributed by atoms with Crippen molar-refractivity contribution in [3.63, 3.8) is 0 Å². The van der Waals surface area contributed by atoms with Crippen molar-refractivity contribution in [2.24, 2.45) is 10.3 Å². The van der Waals surface area contributed by atoms with Crippen LogP contribution in [-0.2, 0) is 19.8 Å². The number of oxime groups is 1. The largest absolute Gasteiger partial charge is 0.540 e. The van der Waals surface area contributed by atoms with Gasteiger partial charge in [0.1, 0.15) is 11.6 Å². The molecule has 1 aromatic carbocycles. The van der Waals surface area contributed by atoms with Gasteiger partial charge in [0.25, 0.3) is 10.2 Å². The summed E-state index contributed by atoms with van der Waals surface area (Å²) < 4.78 is 48.0. The number of hydrogen-bond acceptors (Lipinski definition) is 10. The first-order valence-corrected chi connectivity index (χ1v) is 13.3. The van der Waals surface area contributed by atoms with Gasteiger partial charge in [0.05, 0.1) is 4.47 Å². The van der Waals surface area contributed by atoms with E-state index < -0.39 is 22.2 Å². The fraction of sp³-hybridized carbons (Fsp3) is 0.400. The molecule has 0 bridgehead atoms. The minimum Gasteiger partial charge on any atom is -0.398 e. The average Bonchev–Trinajstić information content (AvgIpc) is 3.26. The number of nitrogens with zero attached hydrogens (tertiary/aromatic N) is 3. The van der Waals surface area contributed by atoms with Gasteiger partial charge in [-0.3, -0.25) is 4.84 Å². The molecule has 1 aliphatic rings. The molecule has 0 saturated carbocycles. The van der Waals surface area contributed by atoms with Gasteiger partial charge in [-0.1, -0.05) is 18.0 Å². The number of ether oxygens (including phenoxy) is 1. The molecular weight excluding hydrogens is 565 g/mol. The molecule has 0 fully saturated rings. The van der Waals surface area contributed by atoms with Crippen molar-refractivity contribution in [3.8, 4) is 0 Å². The number of amidine groups is 1. The maximum atomic E-state index is 13.7. The number of rotatable bonds is 9. The first-order valence-electron chi connectivity index (χ1n) is 10.9. The van der Waals surface area contributed by atoms with Gasteiger partial charge in [-0.25, -0.2) is 23.7 Å². The smallest absolute Gasteiger partial charge is 0.398 e. The second-order valence-corrected chi connectivity index (χ2v) is 9.82. The summed E-state index contributed by atoms with van der Waals surface area (Å²) in [6.07, 6.45) is 6.32. The summed E-state index contributed by atoms with van der Waals surface area (Å²) in [5, 5.41) is 21.8. The van der Waals surface area contributed by atoms with Crippen LogP contribution in [0.5, 0.6) is 0 Å². The molecule has 1 aromatic heterocycles. The summed E-state index contributed by atoms with van der Waals surface area (Å²) in [4.78, 5) is 17.2. The van der Waals surface area contributed by atoms with E-state index in [2.05, 4.69) is 46.8 Å². The van der Waals surface area contributed by atoms with Crippen LogP contribution < -0.4 is 20.5 Å². The molecular formula is C20H25BrFN7O6S. The number of nitrogens with two attached hydrogens (primary N) is 1. The second-order valence-electron chi connectivity index (χ2n) is 7.59. The molecule has 0 unspecified atom stereocenters. The lowest BCUT2D eigenvalue weighted by Gasteiger charge is -2.11. The normalized spacial score (nSPS) is 16.3. The number of nitrogens with one attached hydrogen (secondary N) is 3. The molecule has 16 heteroatoms. The lowest BCUT2D eigenvalue weighted by molar-refractivity contribution is 0.0770. The van der Waals surface area contributed by atoms with Gasteiger partial charge in [-0.05, 0) is 69.8 Å². The molecule has 36 heavy (non-hydrogen) atoms. The Morgan fingerprint density at radius 1 is 1.22 bits per heavy atom. The maximum Gasteiger partial charge on any atom is 0.540 e. The Labute approximate surface area is 214 Å². The highest BCUT2D eigenvalue weighted by molar-refractivity contribution is 9.10. The van der Waals surface area contributed by atoms with Crippen LogP contribution in [-0.4, -0.2) is 43.8 Å². The lowest BCUT2D eigenvalue weighted by atomic mass is 10.1. The van der Waals surface area contributed by atoms with Crippen molar-refractivity contribution in [1.29, 1.82) is 0 Å². The minimum absolute atomic E-state index is 0.0102. The number of aromatic nitrogens is 2. The number of anilines is 2. The van der Waals surface area contributed by atoms with E-state index in [0.29, 0.717) is 17.9 Å². The molecule has 1 heterocycles. The predicted octanol–water partition coefficient (Wildman–Crippen LogP) is 3.34. The number of carbonyl (C=O) groups excluding carboxylic acids is 1. The average molecular weight is 590 g/mol. The van der Waals surface area contributed by atoms with Crippen LogP contribution in [0.3, 0.4) is 0 Å². The van der Waals surface area contributed by atoms with Gasteiger partial charge in [0.15, 0.2) is 5.69 Å². The van der Waals surface area contributed by atoms with Gasteiger partial charge >= 0.3 is 6.16 Å². The van der Waals surface area contributed by atoms with Crippen LogP contribution in [0.1, 0.15) is 44.2 Å². The van der Waals surface area contributed by atoms with Gasteiger partial charge in [0, 0.05) is 25.2 Å². The third kappa shape index (κ3) is 9.18. The van der Waals surface area contributed by atoms with Crippen molar-refractivity contribution in [3.05, 3.63) is 46.0 Å². The van der Waals surface area contributed by atoms with Crippen LogP contribution in [0, 0.1) is 5.82 Å². The van der Waals surface area contributed by atoms with E-state index in [0.717, 1.165) is 32.1 Å². The predicted molar refractivity (Wildman–Crippen MR) is 132 cm³/mol. The maximum absolute atomic E-state index is 13.7. The van der Waals surface area contributed by atoms with E-state index in [9.17, 15) is 17.6 Å². The van der Waals surface area contributed by atoms with Crippen LogP contribution in [0.25, 0.3) is 0 Å². The quantitative estimate of drug-likeness (QED) is 0.0844. The van der Waals surface area contributed by atoms with Gasteiger partial charge in [-0.15, -0.1) is 0 Å². The topological polar surface area (TPSA) is 183 Å². The molecule has 0 atom stereocenters. The fourth-order valence-corrected chi connectivity index (χ4v) is 3.90. The monoisotopic (exact) mass is 589 g/mol. The molecule has 13 nitrogen and oxygen atoms in total. The molecule has 0 aliphatic heterocycles. The number of hydrogen-bond donors (Lipinski definition) is 4. The number of benzene rings is 1. The van der Waals surface area contributed by atoms with Gasteiger partial charge in [-0.2, -0.15) is 8.42 Å². The highest BCUT2D eigenvalue weighted by Gasteiger charge is 2.20. The van der Waals surface area contributed by atoms with Crippen LogP contribution in [0.4, 0.5) is 20.7 Å². The van der Waals surface area contributed by atoms with E-state index in [1.54, 1.807) is 0 Å². The zero-order valence-electron chi connectivity index (χ0n) is 19.0. The van der Waals surface area contributed by atoms with E-state index in [-0.39, 0.29) is 34.9 Å². The van der Waals surface area contributed by atoms with Gasteiger partial charge in [0.2, 0.25) is 11.7 Å². The highest BCUT2D eigenvalue weighted by Crippen LogP contribution is 2.22. The molecule has 1 aliphatic carbocycles.